The maximum Gasteiger partial charge on any atom is 0.187 e. The van der Waals surface area contributed by atoms with Gasteiger partial charge >= 0.3 is 0 Å². The molecule has 2 fully saturated rings. The number of hydrogen-bond donors (Lipinski definition) is 9. The number of nitrogens with zero attached hydrogens (tertiary/aromatic N) is 1. The van der Waals surface area contributed by atoms with Gasteiger partial charge in [-0.2, -0.15) is 0 Å². The second kappa shape index (κ2) is 11.7. The van der Waals surface area contributed by atoms with Crippen LogP contribution in [0.2, 0.25) is 0 Å². The van der Waals surface area contributed by atoms with Gasteiger partial charge < -0.3 is 76.5 Å². The van der Waals surface area contributed by atoms with E-state index >= 15 is 0 Å². The fourth-order valence-corrected chi connectivity index (χ4v) is 2.57. The van der Waals surface area contributed by atoms with Gasteiger partial charge in [0.1, 0.15) is 48.8 Å². The lowest BCUT2D eigenvalue weighted by Crippen LogP contribution is -2.64. The minimum Gasteiger partial charge on any atom is -0.394 e. The molecule has 0 aromatic heterocycles. The molecule has 0 spiro atoms. The van der Waals surface area contributed by atoms with E-state index in [-0.39, 0.29) is 6.15 Å². The molecule has 2 saturated heterocycles. The Morgan fingerprint density at radius 3 is 1.75 bits per heavy atom. The highest BCUT2D eigenvalue weighted by molar-refractivity contribution is 4.93. The van der Waals surface area contributed by atoms with Crippen molar-refractivity contribution in [1.29, 1.82) is 0 Å². The molecule has 1 unspecified atom stereocenters. The summed E-state index contributed by atoms with van der Waals surface area (Å²) in [6.45, 7) is -1.35. The van der Waals surface area contributed by atoms with Crippen molar-refractivity contribution in [3.8, 4) is 0 Å². The zero-order valence-corrected chi connectivity index (χ0v) is 14.7. The van der Waals surface area contributed by atoms with Crippen molar-refractivity contribution in [3.63, 3.8) is 0 Å². The molecule has 2 aliphatic heterocycles. The highest BCUT2D eigenvalue weighted by Crippen LogP contribution is 2.28. The number of hydrogen-bond acceptors (Lipinski definition) is 14. The van der Waals surface area contributed by atoms with Crippen molar-refractivity contribution in [2.75, 3.05) is 13.2 Å². The topological polar surface area (TPSA) is 292 Å². The van der Waals surface area contributed by atoms with Crippen LogP contribution in [0.15, 0.2) is 0 Å². The Hall–Kier alpha value is -1.28. The molecule has 0 saturated carbocycles. The maximum atomic E-state index is 9.94. The van der Waals surface area contributed by atoms with Crippen LogP contribution in [0.4, 0.5) is 0 Å². The Labute approximate surface area is 157 Å². The fraction of sp³-hybridized carbons (Fsp3) is 1.00. The second-order valence-electron chi connectivity index (χ2n) is 5.75. The fourth-order valence-electron chi connectivity index (χ4n) is 2.57. The van der Waals surface area contributed by atoms with Gasteiger partial charge in [0.15, 0.2) is 12.6 Å². The highest BCUT2D eigenvalue weighted by atomic mass is 16.9. The normalized spacial score (nSPS) is 43.3. The van der Waals surface area contributed by atoms with E-state index in [1.807, 2.05) is 0 Å². The summed E-state index contributed by atoms with van der Waals surface area (Å²) in [5.74, 6) is 0. The summed E-state index contributed by atoms with van der Waals surface area (Å²) < 4.78 is 15.3. The van der Waals surface area contributed by atoms with E-state index in [4.69, 9.17) is 34.6 Å². The van der Waals surface area contributed by atoms with Crippen molar-refractivity contribution in [2.24, 2.45) is 0 Å². The molecule has 28 heavy (non-hydrogen) atoms. The molecule has 2 rings (SSSR count). The van der Waals surface area contributed by atoms with Gasteiger partial charge in [-0.25, -0.2) is 0 Å². The Kier molecular flexibility index (Phi) is 11.1. The summed E-state index contributed by atoms with van der Waals surface area (Å²) >= 11 is 0. The third-order valence-corrected chi connectivity index (χ3v) is 3.98. The SMILES string of the molecule is O=[N+]([O-])[O-].OC[C@H]1O[C@@H](O[C@H]2[C@H](O)[C@@H](O)C(O)O[C@@H]2CO)[C@H](O)[C@@H](O)[C@H]1O.[NH4+]. The maximum absolute atomic E-state index is 9.94. The molecule has 0 bridgehead atoms. The van der Waals surface area contributed by atoms with E-state index in [0.717, 1.165) is 0 Å². The molecule has 168 valence electrons. The van der Waals surface area contributed by atoms with Crippen molar-refractivity contribution in [3.05, 3.63) is 15.3 Å². The monoisotopic (exact) mass is 422 g/mol. The lowest BCUT2D eigenvalue weighted by Gasteiger charge is -2.45. The van der Waals surface area contributed by atoms with Gasteiger partial charge in [-0.05, 0) is 0 Å². The standard InChI is InChI=1S/C12H22O11.NO3.H3N/c13-1-3-5(15)6(16)9(19)12(22-3)23-10-4(2-14)21-11(20)8(18)7(10)17;2-1(3)4;/h3-20H,1-2H2;;1H3/q;-1;/p+1/t3-,4-,5+,6+,7-,8-,9-,10-,11?,12+;;/m1../s1. The van der Waals surface area contributed by atoms with Crippen LogP contribution in [0, 0.1) is 15.3 Å². The summed E-state index contributed by atoms with van der Waals surface area (Å²) in [5, 5.41) is 91.2. The van der Waals surface area contributed by atoms with E-state index in [1.165, 1.54) is 0 Å². The summed E-state index contributed by atoms with van der Waals surface area (Å²) in [5.41, 5.74) is 0. The third kappa shape index (κ3) is 6.37. The predicted molar refractivity (Wildman–Crippen MR) is 85.0 cm³/mol. The molecule has 2 heterocycles. The van der Waals surface area contributed by atoms with E-state index in [9.17, 15) is 35.7 Å². The third-order valence-electron chi connectivity index (χ3n) is 3.98. The minimum atomic E-state index is -1.75. The Morgan fingerprint density at radius 1 is 0.786 bits per heavy atom. The van der Waals surface area contributed by atoms with Gasteiger partial charge in [0, 0.05) is 0 Å². The molecule has 16 nitrogen and oxygen atoms in total. The first kappa shape index (κ1) is 26.7. The van der Waals surface area contributed by atoms with Crippen molar-refractivity contribution in [1.82, 2.24) is 6.15 Å². The molecule has 16 heteroatoms. The first-order valence-corrected chi connectivity index (χ1v) is 7.63. The summed E-state index contributed by atoms with van der Waals surface area (Å²) in [6.07, 6.45) is -15.6. The first-order chi connectivity index (χ1) is 12.5. The smallest absolute Gasteiger partial charge is 0.187 e. The number of rotatable bonds is 4. The zero-order chi connectivity index (χ0) is 20.9. The van der Waals surface area contributed by atoms with Gasteiger partial charge in [0.05, 0.1) is 18.3 Å². The van der Waals surface area contributed by atoms with Crippen LogP contribution < -0.4 is 6.15 Å². The number of quaternary nitrogens is 1. The molecule has 2 aliphatic rings. The zero-order valence-electron chi connectivity index (χ0n) is 14.7. The average molecular weight is 422 g/mol. The largest absolute Gasteiger partial charge is 0.394 e. The molecule has 10 atom stereocenters. The highest BCUT2D eigenvalue weighted by Gasteiger charge is 2.50. The molecule has 12 N–H and O–H groups in total. The van der Waals surface area contributed by atoms with Crippen LogP contribution in [0.25, 0.3) is 0 Å². The summed E-state index contributed by atoms with van der Waals surface area (Å²) in [6, 6.07) is 0. The van der Waals surface area contributed by atoms with Crippen LogP contribution in [0.3, 0.4) is 0 Å². The molecular formula is C12H26N2O14. The lowest BCUT2D eigenvalue weighted by atomic mass is 9.97. The van der Waals surface area contributed by atoms with Gasteiger partial charge in [-0.15, -0.1) is 0 Å². The summed E-state index contributed by atoms with van der Waals surface area (Å²) in [7, 11) is 0. The van der Waals surface area contributed by atoms with E-state index < -0.39 is 79.7 Å². The van der Waals surface area contributed by atoms with Gasteiger partial charge in [-0.3, -0.25) is 0 Å². The van der Waals surface area contributed by atoms with Gasteiger partial charge in [0.25, 0.3) is 0 Å². The minimum absolute atomic E-state index is 0. The summed E-state index contributed by atoms with van der Waals surface area (Å²) in [4.78, 5) is 8.25. The predicted octanol–water partition coefficient (Wildman–Crippen LogP) is -5.26. The van der Waals surface area contributed by atoms with Crippen LogP contribution in [0.1, 0.15) is 0 Å². The Bertz CT molecular complexity index is 464. The van der Waals surface area contributed by atoms with Crippen LogP contribution in [-0.2, 0) is 14.2 Å². The molecule has 0 aromatic carbocycles. The van der Waals surface area contributed by atoms with Crippen LogP contribution >= 0.6 is 0 Å². The first-order valence-electron chi connectivity index (χ1n) is 7.63. The van der Waals surface area contributed by atoms with Crippen LogP contribution in [0.5, 0.6) is 0 Å². The van der Waals surface area contributed by atoms with E-state index in [0.29, 0.717) is 0 Å². The van der Waals surface area contributed by atoms with E-state index in [1.54, 1.807) is 0 Å². The molecular weight excluding hydrogens is 396 g/mol. The van der Waals surface area contributed by atoms with Crippen molar-refractivity contribution < 1.29 is 60.1 Å². The quantitative estimate of drug-likeness (QED) is 0.151. The number of aliphatic hydroxyl groups is 8. The Balaban J connectivity index is 0.00000133. The lowest BCUT2D eigenvalue weighted by molar-refractivity contribution is -0.402. The van der Waals surface area contributed by atoms with Gasteiger partial charge in [-0.1, -0.05) is 0 Å². The number of aliphatic hydroxyl groups excluding tert-OH is 8. The van der Waals surface area contributed by atoms with Crippen molar-refractivity contribution >= 4 is 0 Å². The molecule has 0 aromatic rings. The average Bonchev–Trinajstić information content (AvgIpc) is 2.61. The number of ether oxygens (including phenoxy) is 3. The van der Waals surface area contributed by atoms with Crippen molar-refractivity contribution in [2.45, 2.75) is 61.4 Å². The molecule has 0 aliphatic carbocycles. The van der Waals surface area contributed by atoms with Crippen LogP contribution in [-0.4, -0.2) is 121 Å². The molecule has 0 amide bonds. The molecule has 0 radical (unpaired) electrons. The van der Waals surface area contributed by atoms with Gasteiger partial charge in [0.2, 0.25) is 0 Å². The Morgan fingerprint density at radius 2 is 1.29 bits per heavy atom. The second-order valence-corrected chi connectivity index (χ2v) is 5.75. The van der Waals surface area contributed by atoms with E-state index in [2.05, 4.69) is 0 Å².